The van der Waals surface area contributed by atoms with Crippen LogP contribution >= 0.6 is 23.2 Å². The molecule has 2 amide bonds. The number of aromatic amines is 1. The molecule has 0 fully saturated rings. The molecule has 33 heavy (non-hydrogen) atoms. The maximum absolute atomic E-state index is 12.8. The van der Waals surface area contributed by atoms with Crippen molar-refractivity contribution in [2.75, 3.05) is 16.0 Å². The number of aromatic nitrogens is 2. The molecular formula is C20H14Cl2N6O5. The van der Waals surface area contributed by atoms with Crippen LogP contribution in [0.15, 0.2) is 47.3 Å². The smallest absolute Gasteiger partial charge is 0.269 e. The molecule has 1 aliphatic heterocycles. The number of carbonyl (C=O) groups excluding carboxylic acids is 2. The van der Waals surface area contributed by atoms with Gasteiger partial charge >= 0.3 is 0 Å². The van der Waals surface area contributed by atoms with Gasteiger partial charge in [-0.2, -0.15) is 4.98 Å². The monoisotopic (exact) mass is 488 g/mol. The van der Waals surface area contributed by atoms with Gasteiger partial charge in [0.1, 0.15) is 5.82 Å². The number of anilines is 4. The number of nitrogens with zero attached hydrogens (tertiary/aromatic N) is 2. The third-order valence-electron chi connectivity index (χ3n) is 4.74. The van der Waals surface area contributed by atoms with E-state index in [1.54, 1.807) is 12.1 Å². The molecule has 0 saturated carbocycles. The Kier molecular flexibility index (Phi) is 5.99. The second kappa shape index (κ2) is 8.88. The van der Waals surface area contributed by atoms with Crippen molar-refractivity contribution in [2.45, 2.75) is 12.3 Å². The van der Waals surface area contributed by atoms with Crippen molar-refractivity contribution in [2.24, 2.45) is 0 Å². The van der Waals surface area contributed by atoms with E-state index < -0.39 is 28.2 Å². The van der Waals surface area contributed by atoms with Gasteiger partial charge < -0.3 is 16.0 Å². The van der Waals surface area contributed by atoms with Crippen LogP contribution in [0.2, 0.25) is 10.0 Å². The normalized spacial score (nSPS) is 14.7. The first kappa shape index (κ1) is 22.2. The molecule has 0 aliphatic carbocycles. The Bertz CT molecular complexity index is 1320. The fourth-order valence-electron chi connectivity index (χ4n) is 3.31. The highest BCUT2D eigenvalue weighted by Gasteiger charge is 2.34. The molecule has 13 heteroatoms. The number of amides is 2. The lowest BCUT2D eigenvalue weighted by Gasteiger charge is -2.23. The molecule has 168 valence electrons. The average Bonchev–Trinajstić information content (AvgIpc) is 2.72. The van der Waals surface area contributed by atoms with Crippen molar-refractivity contribution in [3.05, 3.63) is 78.5 Å². The molecule has 4 N–H and O–H groups in total. The van der Waals surface area contributed by atoms with Crippen molar-refractivity contribution in [1.29, 1.82) is 0 Å². The Morgan fingerprint density at radius 2 is 1.76 bits per heavy atom. The van der Waals surface area contributed by atoms with Crippen molar-refractivity contribution in [1.82, 2.24) is 9.97 Å². The highest BCUT2D eigenvalue weighted by Crippen LogP contribution is 2.31. The summed E-state index contributed by atoms with van der Waals surface area (Å²) in [4.78, 5) is 54.8. The van der Waals surface area contributed by atoms with E-state index in [1.165, 1.54) is 30.3 Å². The first-order valence-electron chi connectivity index (χ1n) is 9.42. The number of hydrogen-bond acceptors (Lipinski definition) is 7. The zero-order valence-corrected chi connectivity index (χ0v) is 18.0. The molecule has 3 aromatic rings. The molecular weight excluding hydrogens is 475 g/mol. The van der Waals surface area contributed by atoms with E-state index in [1.807, 2.05) is 0 Å². The van der Waals surface area contributed by atoms with Gasteiger partial charge in [0, 0.05) is 40.0 Å². The van der Waals surface area contributed by atoms with Crippen LogP contribution in [0.1, 0.15) is 17.9 Å². The summed E-state index contributed by atoms with van der Waals surface area (Å²) in [5.74, 6) is -2.30. The van der Waals surface area contributed by atoms with Crippen LogP contribution in [0.4, 0.5) is 28.8 Å². The Morgan fingerprint density at radius 1 is 1.09 bits per heavy atom. The van der Waals surface area contributed by atoms with Gasteiger partial charge in [-0.3, -0.25) is 29.5 Å². The molecule has 11 nitrogen and oxygen atoms in total. The number of benzene rings is 2. The molecule has 0 bridgehead atoms. The van der Waals surface area contributed by atoms with E-state index in [-0.39, 0.29) is 35.1 Å². The zero-order valence-electron chi connectivity index (χ0n) is 16.5. The first-order valence-corrected chi connectivity index (χ1v) is 10.2. The lowest BCUT2D eigenvalue weighted by atomic mass is 9.92. The van der Waals surface area contributed by atoms with Crippen LogP contribution in [-0.2, 0) is 9.59 Å². The molecule has 0 spiro atoms. The molecule has 2 heterocycles. The topological polar surface area (TPSA) is 159 Å². The summed E-state index contributed by atoms with van der Waals surface area (Å²) in [5, 5.41) is 19.4. The second-order valence-corrected chi connectivity index (χ2v) is 7.93. The fourth-order valence-corrected chi connectivity index (χ4v) is 3.84. The quantitative estimate of drug-likeness (QED) is 0.313. The SMILES string of the molecule is O=C1CC(C(=O)Nc2ccc([N+](=O)[O-])cc2)c2c(nc(Nc3cc(Cl)cc(Cl)c3)[nH]c2=O)N1. The van der Waals surface area contributed by atoms with Crippen molar-refractivity contribution in [3.8, 4) is 0 Å². The highest BCUT2D eigenvalue weighted by molar-refractivity contribution is 6.35. The van der Waals surface area contributed by atoms with E-state index in [0.717, 1.165) is 0 Å². The summed E-state index contributed by atoms with van der Waals surface area (Å²) >= 11 is 12.0. The van der Waals surface area contributed by atoms with E-state index in [9.17, 15) is 24.5 Å². The van der Waals surface area contributed by atoms with Crippen LogP contribution < -0.4 is 21.5 Å². The molecule has 1 aliphatic rings. The number of nitro benzene ring substituents is 1. The van der Waals surface area contributed by atoms with Crippen molar-refractivity contribution in [3.63, 3.8) is 0 Å². The average molecular weight is 489 g/mol. The maximum atomic E-state index is 12.8. The van der Waals surface area contributed by atoms with Crippen LogP contribution in [0.3, 0.4) is 0 Å². The third-order valence-corrected chi connectivity index (χ3v) is 5.17. The fraction of sp³-hybridized carbons (Fsp3) is 0.100. The molecule has 2 aromatic carbocycles. The van der Waals surface area contributed by atoms with E-state index in [0.29, 0.717) is 15.7 Å². The van der Waals surface area contributed by atoms with Gasteiger partial charge in [-0.15, -0.1) is 0 Å². The molecule has 1 unspecified atom stereocenters. The standard InChI is InChI=1S/C20H14Cl2N6O5/c21-9-5-10(22)7-12(6-9)24-20-26-17-16(19(31)27-20)14(8-15(29)25-17)18(30)23-11-1-3-13(4-2-11)28(32)33/h1-7,14H,8H2,(H,23,30)(H3,24,25,26,27,29,31). The summed E-state index contributed by atoms with van der Waals surface area (Å²) < 4.78 is 0. The van der Waals surface area contributed by atoms with Crippen molar-refractivity contribution < 1.29 is 14.5 Å². The number of H-pyrrole nitrogens is 1. The van der Waals surface area contributed by atoms with Gasteiger partial charge in [0.2, 0.25) is 17.8 Å². The zero-order chi connectivity index (χ0) is 23.7. The van der Waals surface area contributed by atoms with Crippen LogP contribution in [0, 0.1) is 10.1 Å². The summed E-state index contributed by atoms with van der Waals surface area (Å²) in [6, 6.07) is 9.82. The summed E-state index contributed by atoms with van der Waals surface area (Å²) in [6.45, 7) is 0. The number of fused-ring (bicyclic) bond motifs is 1. The molecule has 1 aromatic heterocycles. The Hall–Kier alpha value is -3.96. The van der Waals surface area contributed by atoms with Crippen molar-refractivity contribution >= 4 is 63.8 Å². The van der Waals surface area contributed by atoms with Crippen LogP contribution in [0.25, 0.3) is 0 Å². The van der Waals surface area contributed by atoms with E-state index in [2.05, 4.69) is 25.9 Å². The summed E-state index contributed by atoms with van der Waals surface area (Å²) in [7, 11) is 0. The predicted octanol–water partition coefficient (Wildman–Crippen LogP) is 3.79. The lowest BCUT2D eigenvalue weighted by Crippen LogP contribution is -2.36. The van der Waals surface area contributed by atoms with Gasteiger partial charge in [0.15, 0.2) is 0 Å². The second-order valence-electron chi connectivity index (χ2n) is 7.06. The Morgan fingerprint density at radius 3 is 2.39 bits per heavy atom. The van der Waals surface area contributed by atoms with Gasteiger partial charge in [-0.1, -0.05) is 23.2 Å². The predicted molar refractivity (Wildman–Crippen MR) is 122 cm³/mol. The minimum absolute atomic E-state index is 0.00816. The van der Waals surface area contributed by atoms with E-state index >= 15 is 0 Å². The molecule has 0 radical (unpaired) electrons. The van der Waals surface area contributed by atoms with Crippen LogP contribution in [0.5, 0.6) is 0 Å². The summed E-state index contributed by atoms with van der Waals surface area (Å²) in [5.41, 5.74) is -0.0518. The minimum Gasteiger partial charge on any atom is -0.326 e. The number of rotatable bonds is 5. The molecule has 0 saturated heterocycles. The van der Waals surface area contributed by atoms with Gasteiger partial charge in [-0.25, -0.2) is 0 Å². The first-order chi connectivity index (χ1) is 15.7. The number of carbonyl (C=O) groups is 2. The number of halogens is 2. The number of nitro groups is 1. The lowest BCUT2D eigenvalue weighted by molar-refractivity contribution is -0.384. The molecule has 4 rings (SSSR count). The maximum Gasteiger partial charge on any atom is 0.269 e. The highest BCUT2D eigenvalue weighted by atomic mass is 35.5. The Balaban J connectivity index is 1.61. The van der Waals surface area contributed by atoms with Crippen LogP contribution in [-0.4, -0.2) is 26.7 Å². The minimum atomic E-state index is -1.12. The van der Waals surface area contributed by atoms with E-state index in [4.69, 9.17) is 23.2 Å². The summed E-state index contributed by atoms with van der Waals surface area (Å²) in [6.07, 6.45) is -0.271. The van der Waals surface area contributed by atoms with Gasteiger partial charge in [0.05, 0.1) is 16.4 Å². The van der Waals surface area contributed by atoms with Gasteiger partial charge in [-0.05, 0) is 30.3 Å². The third kappa shape index (κ3) is 4.94. The number of non-ortho nitro benzene ring substituents is 1. The number of hydrogen-bond donors (Lipinski definition) is 4. The largest absolute Gasteiger partial charge is 0.326 e. The number of nitrogens with one attached hydrogen (secondary N) is 4. The van der Waals surface area contributed by atoms with Gasteiger partial charge in [0.25, 0.3) is 11.2 Å². The molecule has 1 atom stereocenters. The Labute approximate surface area is 195 Å².